The van der Waals surface area contributed by atoms with Crippen LogP contribution in [-0.2, 0) is 4.79 Å². The van der Waals surface area contributed by atoms with Gasteiger partial charge in [-0.15, -0.1) is 11.3 Å². The molecule has 0 aromatic carbocycles. The largest absolute Gasteiger partial charge is 0.495 e. The number of rotatable bonds is 5. The Morgan fingerprint density at radius 2 is 2.29 bits per heavy atom. The third kappa shape index (κ3) is 4.01. The zero-order valence-corrected chi connectivity index (χ0v) is 11.7. The first-order valence-electron chi connectivity index (χ1n) is 4.80. The van der Waals surface area contributed by atoms with E-state index in [0.717, 1.165) is 3.79 Å². The smallest absolute Gasteiger partial charge is 0.305 e. The van der Waals surface area contributed by atoms with Gasteiger partial charge >= 0.3 is 5.97 Å². The SMILES string of the molecule is COc1cc(C(=O)NC(C)CC(=O)O)sc1Br. The number of hydrogen-bond acceptors (Lipinski definition) is 4. The molecule has 1 amide bonds. The zero-order valence-electron chi connectivity index (χ0n) is 9.32. The zero-order chi connectivity index (χ0) is 13.0. The van der Waals surface area contributed by atoms with Crippen molar-refractivity contribution >= 4 is 39.1 Å². The number of thiophene rings is 1. The highest BCUT2D eigenvalue weighted by molar-refractivity contribution is 9.11. The Labute approximate surface area is 111 Å². The lowest BCUT2D eigenvalue weighted by molar-refractivity contribution is -0.137. The Bertz CT molecular complexity index is 432. The molecule has 1 rings (SSSR count). The molecule has 7 heteroatoms. The molecule has 0 fully saturated rings. The molecule has 17 heavy (non-hydrogen) atoms. The molecule has 1 aromatic heterocycles. The first-order valence-corrected chi connectivity index (χ1v) is 6.41. The van der Waals surface area contributed by atoms with Crippen LogP contribution in [0.1, 0.15) is 23.0 Å². The number of carbonyl (C=O) groups is 2. The molecule has 0 aliphatic carbocycles. The van der Waals surface area contributed by atoms with Crippen LogP contribution in [0.2, 0.25) is 0 Å². The Morgan fingerprint density at radius 1 is 1.65 bits per heavy atom. The Morgan fingerprint density at radius 3 is 2.76 bits per heavy atom. The molecule has 1 atom stereocenters. The second-order valence-corrected chi connectivity index (χ2v) is 5.80. The molecule has 0 saturated heterocycles. The van der Waals surface area contributed by atoms with Gasteiger partial charge in [-0.25, -0.2) is 0 Å². The molecule has 94 valence electrons. The molecule has 0 aliphatic rings. The number of carboxylic acid groups (broad SMARTS) is 1. The van der Waals surface area contributed by atoms with Crippen LogP contribution in [0.4, 0.5) is 0 Å². The normalized spacial score (nSPS) is 11.9. The van der Waals surface area contributed by atoms with Crippen molar-refractivity contribution < 1.29 is 19.4 Å². The summed E-state index contributed by atoms with van der Waals surface area (Å²) in [4.78, 5) is 22.7. The number of carbonyl (C=O) groups excluding carboxylic acids is 1. The van der Waals surface area contributed by atoms with E-state index in [0.29, 0.717) is 10.6 Å². The third-order valence-electron chi connectivity index (χ3n) is 1.96. The van der Waals surface area contributed by atoms with E-state index in [2.05, 4.69) is 21.2 Å². The molecule has 1 heterocycles. The fraction of sp³-hybridized carbons (Fsp3) is 0.400. The van der Waals surface area contributed by atoms with Crippen LogP contribution in [0, 0.1) is 0 Å². The van der Waals surface area contributed by atoms with E-state index in [4.69, 9.17) is 9.84 Å². The van der Waals surface area contributed by atoms with Crippen LogP contribution in [0.5, 0.6) is 5.75 Å². The molecule has 1 aromatic rings. The second kappa shape index (κ2) is 6.02. The van der Waals surface area contributed by atoms with E-state index in [9.17, 15) is 9.59 Å². The van der Waals surface area contributed by atoms with Gasteiger partial charge in [-0.3, -0.25) is 9.59 Å². The van der Waals surface area contributed by atoms with Gasteiger partial charge in [0.1, 0.15) is 9.54 Å². The van der Waals surface area contributed by atoms with Gasteiger partial charge in [0, 0.05) is 12.1 Å². The number of carboxylic acids is 1. The third-order valence-corrected chi connectivity index (χ3v) is 3.74. The second-order valence-electron chi connectivity index (χ2n) is 3.43. The highest BCUT2D eigenvalue weighted by Crippen LogP contribution is 2.34. The van der Waals surface area contributed by atoms with E-state index in [1.807, 2.05) is 0 Å². The van der Waals surface area contributed by atoms with Crippen molar-refractivity contribution in [2.24, 2.45) is 0 Å². The molecule has 5 nitrogen and oxygen atoms in total. The highest BCUT2D eigenvalue weighted by Gasteiger charge is 2.16. The summed E-state index contributed by atoms with van der Waals surface area (Å²) in [7, 11) is 1.52. The van der Waals surface area contributed by atoms with Gasteiger partial charge < -0.3 is 15.2 Å². The van der Waals surface area contributed by atoms with Crippen molar-refractivity contribution in [3.8, 4) is 5.75 Å². The molecule has 0 aliphatic heterocycles. The van der Waals surface area contributed by atoms with E-state index in [1.54, 1.807) is 13.0 Å². The molecule has 0 radical (unpaired) electrons. The summed E-state index contributed by atoms with van der Waals surface area (Å²) < 4.78 is 5.77. The lowest BCUT2D eigenvalue weighted by Crippen LogP contribution is -2.33. The molecule has 1 unspecified atom stereocenters. The van der Waals surface area contributed by atoms with Crippen molar-refractivity contribution in [3.63, 3.8) is 0 Å². The fourth-order valence-corrected chi connectivity index (χ4v) is 2.76. The summed E-state index contributed by atoms with van der Waals surface area (Å²) in [5, 5.41) is 11.2. The lowest BCUT2D eigenvalue weighted by atomic mass is 10.2. The number of nitrogens with one attached hydrogen (secondary N) is 1. The monoisotopic (exact) mass is 321 g/mol. The molecule has 0 bridgehead atoms. The van der Waals surface area contributed by atoms with Gasteiger partial charge in [0.15, 0.2) is 0 Å². The van der Waals surface area contributed by atoms with Crippen LogP contribution in [0.25, 0.3) is 0 Å². The van der Waals surface area contributed by atoms with Crippen molar-refractivity contribution in [3.05, 3.63) is 14.7 Å². The van der Waals surface area contributed by atoms with Crippen LogP contribution in [0.3, 0.4) is 0 Å². The summed E-state index contributed by atoms with van der Waals surface area (Å²) >= 11 is 4.51. The maximum atomic E-state index is 11.7. The van der Waals surface area contributed by atoms with Gasteiger partial charge in [0.25, 0.3) is 5.91 Å². The van der Waals surface area contributed by atoms with Gasteiger partial charge in [-0.05, 0) is 22.9 Å². The Balaban J connectivity index is 2.66. The number of ether oxygens (including phenoxy) is 1. The maximum absolute atomic E-state index is 11.7. The van der Waals surface area contributed by atoms with Crippen LogP contribution >= 0.6 is 27.3 Å². The Hall–Kier alpha value is -1.08. The number of halogens is 1. The van der Waals surface area contributed by atoms with Crippen molar-refractivity contribution in [1.29, 1.82) is 0 Å². The minimum Gasteiger partial charge on any atom is -0.495 e. The molecule has 0 saturated carbocycles. The van der Waals surface area contributed by atoms with E-state index >= 15 is 0 Å². The maximum Gasteiger partial charge on any atom is 0.305 e. The predicted octanol–water partition coefficient (Wildman–Crippen LogP) is 2.11. The summed E-state index contributed by atoms with van der Waals surface area (Å²) in [5.74, 6) is -0.651. The van der Waals surface area contributed by atoms with E-state index < -0.39 is 12.0 Å². The standard InChI is InChI=1S/C10H12BrNO4S/c1-5(3-8(13)14)12-10(15)7-4-6(16-2)9(11)17-7/h4-5H,3H2,1-2H3,(H,12,15)(H,13,14). The van der Waals surface area contributed by atoms with Crippen molar-refractivity contribution in [2.75, 3.05) is 7.11 Å². The van der Waals surface area contributed by atoms with Crippen molar-refractivity contribution in [1.82, 2.24) is 5.32 Å². The van der Waals surface area contributed by atoms with Crippen LogP contribution in [-0.4, -0.2) is 30.1 Å². The quantitative estimate of drug-likeness (QED) is 0.871. The summed E-state index contributed by atoms with van der Waals surface area (Å²) in [6.07, 6.45) is -0.102. The van der Waals surface area contributed by atoms with Crippen LogP contribution in [0.15, 0.2) is 9.85 Å². The fourth-order valence-electron chi connectivity index (χ4n) is 1.21. The van der Waals surface area contributed by atoms with Gasteiger partial charge in [-0.2, -0.15) is 0 Å². The number of amides is 1. The number of hydrogen-bond donors (Lipinski definition) is 2. The van der Waals surface area contributed by atoms with E-state index in [1.165, 1.54) is 18.4 Å². The first-order chi connectivity index (χ1) is 7.93. The average molecular weight is 322 g/mol. The minimum absolute atomic E-state index is 0.102. The predicted molar refractivity (Wildman–Crippen MR) is 67.8 cm³/mol. The first kappa shape index (κ1) is 14.0. The highest BCUT2D eigenvalue weighted by atomic mass is 79.9. The number of methoxy groups -OCH3 is 1. The summed E-state index contributed by atoms with van der Waals surface area (Å²) in [6, 6.07) is 1.20. The lowest BCUT2D eigenvalue weighted by Gasteiger charge is -2.09. The topological polar surface area (TPSA) is 75.6 Å². The van der Waals surface area contributed by atoms with Crippen LogP contribution < -0.4 is 10.1 Å². The Kier molecular flexibility index (Phi) is 4.95. The minimum atomic E-state index is -0.942. The summed E-state index contributed by atoms with van der Waals surface area (Å²) in [5.41, 5.74) is 0. The van der Waals surface area contributed by atoms with Gasteiger partial charge in [-0.1, -0.05) is 0 Å². The van der Waals surface area contributed by atoms with Gasteiger partial charge in [0.05, 0.1) is 18.4 Å². The molecule has 0 spiro atoms. The average Bonchev–Trinajstić information content (AvgIpc) is 2.58. The van der Waals surface area contributed by atoms with Gasteiger partial charge in [0.2, 0.25) is 0 Å². The molecule has 2 N–H and O–H groups in total. The number of aliphatic carboxylic acids is 1. The summed E-state index contributed by atoms with van der Waals surface area (Å²) in [6.45, 7) is 1.64. The molecular weight excluding hydrogens is 310 g/mol. The van der Waals surface area contributed by atoms with Crippen molar-refractivity contribution in [2.45, 2.75) is 19.4 Å². The molecular formula is C10H12BrNO4S. The van der Waals surface area contributed by atoms with E-state index in [-0.39, 0.29) is 12.3 Å².